The molecule has 1 saturated carbocycles. The number of ether oxygens (including phenoxy) is 1. The highest BCUT2D eigenvalue weighted by Gasteiger charge is 2.47. The third-order valence-corrected chi connectivity index (χ3v) is 8.29. The minimum atomic E-state index is -0.232. The minimum Gasteiger partial charge on any atom is -0.370 e. The zero-order valence-corrected chi connectivity index (χ0v) is 18.9. The standard InChI is InChI=1S/C25H38N4O2/c30-23(25(8-1-2-9-25)29-14-3-4-15-29)27-19-22-7-10-24(31-22)11-16-28(17-12-24)20-21-6-5-13-26-18-21/h5-6,13,18,22H,1-4,7-12,14-17,19-20H2,(H,27,30)/t22-/m1/s1. The summed E-state index contributed by atoms with van der Waals surface area (Å²) < 4.78 is 6.59. The van der Waals surface area contributed by atoms with Crippen LogP contribution in [0.5, 0.6) is 0 Å². The van der Waals surface area contributed by atoms with Gasteiger partial charge < -0.3 is 10.1 Å². The lowest BCUT2D eigenvalue weighted by atomic mass is 9.88. The fourth-order valence-corrected chi connectivity index (χ4v) is 6.44. The summed E-state index contributed by atoms with van der Waals surface area (Å²) in [6, 6.07) is 4.17. The van der Waals surface area contributed by atoms with E-state index in [0.29, 0.717) is 6.54 Å². The number of nitrogens with zero attached hydrogens (tertiary/aromatic N) is 3. The van der Waals surface area contributed by atoms with Crippen LogP contribution in [0.3, 0.4) is 0 Å². The number of pyridine rings is 1. The zero-order valence-electron chi connectivity index (χ0n) is 18.9. The number of amides is 1. The molecule has 3 saturated heterocycles. The Labute approximate surface area is 186 Å². The smallest absolute Gasteiger partial charge is 0.240 e. The van der Waals surface area contributed by atoms with Gasteiger partial charge in [0.15, 0.2) is 0 Å². The van der Waals surface area contributed by atoms with Gasteiger partial charge in [-0.2, -0.15) is 0 Å². The number of aromatic nitrogens is 1. The first-order chi connectivity index (χ1) is 15.2. The number of hydrogen-bond acceptors (Lipinski definition) is 5. The van der Waals surface area contributed by atoms with E-state index in [1.165, 1.54) is 31.2 Å². The van der Waals surface area contributed by atoms with E-state index in [1.807, 2.05) is 18.5 Å². The van der Waals surface area contributed by atoms with Crippen molar-refractivity contribution < 1.29 is 9.53 Å². The summed E-state index contributed by atoms with van der Waals surface area (Å²) in [6.07, 6.45) is 15.3. The molecule has 6 heteroatoms. The van der Waals surface area contributed by atoms with Crippen molar-refractivity contribution in [2.75, 3.05) is 32.7 Å². The first-order valence-electron chi connectivity index (χ1n) is 12.5. The van der Waals surface area contributed by atoms with Gasteiger partial charge in [-0.1, -0.05) is 18.9 Å². The minimum absolute atomic E-state index is 0.0286. The first-order valence-corrected chi connectivity index (χ1v) is 12.5. The van der Waals surface area contributed by atoms with E-state index in [9.17, 15) is 4.79 Å². The molecule has 1 aliphatic carbocycles. The number of carbonyl (C=O) groups is 1. The molecule has 0 unspecified atom stereocenters. The van der Waals surface area contributed by atoms with E-state index >= 15 is 0 Å². The van der Waals surface area contributed by atoms with E-state index in [-0.39, 0.29) is 23.2 Å². The number of piperidine rings is 1. The Kier molecular flexibility index (Phi) is 6.31. The average Bonchev–Trinajstić information content (AvgIpc) is 3.56. The SMILES string of the molecule is O=C(NC[C@H]1CCC2(CCN(Cc3cccnc3)CC2)O1)C1(N2CCCC2)CCCC1. The summed E-state index contributed by atoms with van der Waals surface area (Å²) in [7, 11) is 0. The van der Waals surface area contributed by atoms with E-state index in [1.54, 1.807) is 0 Å². The molecule has 4 aliphatic rings. The molecule has 1 atom stereocenters. The molecule has 1 amide bonds. The Morgan fingerprint density at radius 2 is 1.84 bits per heavy atom. The Hall–Kier alpha value is -1.50. The van der Waals surface area contributed by atoms with Gasteiger partial charge in [0, 0.05) is 38.6 Å². The van der Waals surface area contributed by atoms with Crippen molar-refractivity contribution in [3.8, 4) is 0 Å². The maximum absolute atomic E-state index is 13.3. The van der Waals surface area contributed by atoms with Crippen molar-refractivity contribution >= 4 is 5.91 Å². The van der Waals surface area contributed by atoms with Gasteiger partial charge in [0.2, 0.25) is 5.91 Å². The van der Waals surface area contributed by atoms with Crippen LogP contribution in [0, 0.1) is 0 Å². The van der Waals surface area contributed by atoms with E-state index in [0.717, 1.165) is 71.2 Å². The molecule has 1 N–H and O–H groups in total. The third kappa shape index (κ3) is 4.53. The number of hydrogen-bond donors (Lipinski definition) is 1. The van der Waals surface area contributed by atoms with Crippen LogP contribution in [0.4, 0.5) is 0 Å². The molecule has 1 spiro atoms. The third-order valence-electron chi connectivity index (χ3n) is 8.29. The Morgan fingerprint density at radius 3 is 2.55 bits per heavy atom. The fourth-order valence-electron chi connectivity index (χ4n) is 6.44. The van der Waals surface area contributed by atoms with Gasteiger partial charge in [0.25, 0.3) is 0 Å². The van der Waals surface area contributed by atoms with Crippen LogP contribution in [0.15, 0.2) is 24.5 Å². The molecule has 0 radical (unpaired) electrons. The van der Waals surface area contributed by atoms with Gasteiger partial charge in [-0.3, -0.25) is 19.6 Å². The molecular weight excluding hydrogens is 388 g/mol. The van der Waals surface area contributed by atoms with Crippen molar-refractivity contribution in [3.63, 3.8) is 0 Å². The van der Waals surface area contributed by atoms with Crippen LogP contribution < -0.4 is 5.32 Å². The second kappa shape index (κ2) is 9.16. The molecule has 170 valence electrons. The Balaban J connectivity index is 1.10. The zero-order chi connectivity index (χ0) is 21.2. The molecule has 1 aromatic heterocycles. The first kappa shape index (κ1) is 21.4. The van der Waals surface area contributed by atoms with E-state index in [4.69, 9.17) is 4.74 Å². The van der Waals surface area contributed by atoms with Crippen molar-refractivity contribution in [3.05, 3.63) is 30.1 Å². The predicted octanol–water partition coefficient (Wildman–Crippen LogP) is 3.12. The highest BCUT2D eigenvalue weighted by atomic mass is 16.5. The molecule has 3 aliphatic heterocycles. The molecule has 0 aromatic carbocycles. The lowest BCUT2D eigenvalue weighted by Crippen LogP contribution is -2.57. The van der Waals surface area contributed by atoms with Crippen LogP contribution >= 0.6 is 0 Å². The molecule has 4 fully saturated rings. The maximum atomic E-state index is 13.3. The predicted molar refractivity (Wildman–Crippen MR) is 121 cm³/mol. The van der Waals surface area contributed by atoms with Crippen molar-refractivity contribution in [2.24, 2.45) is 0 Å². The number of carbonyl (C=O) groups excluding carboxylic acids is 1. The second-order valence-electron chi connectivity index (χ2n) is 10.2. The van der Waals surface area contributed by atoms with Gasteiger partial charge in [-0.05, 0) is 76.1 Å². The topological polar surface area (TPSA) is 57.7 Å². The van der Waals surface area contributed by atoms with Crippen molar-refractivity contribution in [1.82, 2.24) is 20.1 Å². The van der Waals surface area contributed by atoms with Crippen LogP contribution in [-0.4, -0.2) is 70.7 Å². The normalized spacial score (nSPS) is 28.3. The Bertz CT molecular complexity index is 735. The van der Waals surface area contributed by atoms with Gasteiger partial charge in [-0.15, -0.1) is 0 Å². The quantitative estimate of drug-likeness (QED) is 0.757. The van der Waals surface area contributed by atoms with Crippen LogP contribution in [-0.2, 0) is 16.1 Å². The number of nitrogens with one attached hydrogen (secondary N) is 1. The summed E-state index contributed by atoms with van der Waals surface area (Å²) in [6.45, 7) is 5.98. The Morgan fingerprint density at radius 1 is 1.06 bits per heavy atom. The van der Waals surface area contributed by atoms with Gasteiger partial charge >= 0.3 is 0 Å². The van der Waals surface area contributed by atoms with Crippen LogP contribution in [0.2, 0.25) is 0 Å². The second-order valence-corrected chi connectivity index (χ2v) is 10.2. The highest BCUT2D eigenvalue weighted by molar-refractivity contribution is 5.86. The molecule has 31 heavy (non-hydrogen) atoms. The number of rotatable bonds is 6. The molecule has 4 heterocycles. The summed E-state index contributed by atoms with van der Waals surface area (Å²) >= 11 is 0. The van der Waals surface area contributed by atoms with Crippen molar-refractivity contribution in [1.29, 1.82) is 0 Å². The fraction of sp³-hybridized carbons (Fsp3) is 0.760. The summed E-state index contributed by atoms with van der Waals surface area (Å²) in [5, 5.41) is 3.32. The summed E-state index contributed by atoms with van der Waals surface area (Å²) in [5.74, 6) is 0.266. The number of likely N-dealkylation sites (tertiary alicyclic amines) is 2. The summed E-state index contributed by atoms with van der Waals surface area (Å²) in [4.78, 5) is 22.5. The molecule has 5 rings (SSSR count). The largest absolute Gasteiger partial charge is 0.370 e. The lowest BCUT2D eigenvalue weighted by molar-refractivity contribution is -0.134. The average molecular weight is 427 g/mol. The molecule has 6 nitrogen and oxygen atoms in total. The van der Waals surface area contributed by atoms with Gasteiger partial charge in [0.1, 0.15) is 5.54 Å². The van der Waals surface area contributed by atoms with Crippen LogP contribution in [0.25, 0.3) is 0 Å². The lowest BCUT2D eigenvalue weighted by Gasteiger charge is -2.39. The van der Waals surface area contributed by atoms with E-state index in [2.05, 4.69) is 26.2 Å². The monoisotopic (exact) mass is 426 g/mol. The highest BCUT2D eigenvalue weighted by Crippen LogP contribution is 2.40. The van der Waals surface area contributed by atoms with Gasteiger partial charge in [0.05, 0.1) is 11.7 Å². The van der Waals surface area contributed by atoms with Crippen molar-refractivity contribution in [2.45, 2.75) is 88.0 Å². The van der Waals surface area contributed by atoms with Crippen LogP contribution in [0.1, 0.15) is 69.8 Å². The van der Waals surface area contributed by atoms with Gasteiger partial charge in [-0.25, -0.2) is 0 Å². The maximum Gasteiger partial charge on any atom is 0.240 e. The molecule has 0 bridgehead atoms. The summed E-state index contributed by atoms with van der Waals surface area (Å²) in [5.41, 5.74) is 1.08. The molecule has 1 aromatic rings. The molecular formula is C25H38N4O2. The van der Waals surface area contributed by atoms with E-state index < -0.39 is 0 Å².